The first-order valence-corrected chi connectivity index (χ1v) is 7.84. The number of hydrogen-bond donors (Lipinski definition) is 1. The molecule has 3 rings (SSSR count). The third kappa shape index (κ3) is 3.24. The highest BCUT2D eigenvalue weighted by Crippen LogP contribution is 2.26. The second-order valence-electron chi connectivity index (χ2n) is 5.72. The van der Waals surface area contributed by atoms with E-state index in [4.69, 9.17) is 0 Å². The van der Waals surface area contributed by atoms with Gasteiger partial charge in [-0.2, -0.15) is 5.10 Å². The lowest BCUT2D eigenvalue weighted by Crippen LogP contribution is -2.38. The number of halogens is 1. The molecule has 1 aliphatic rings. The van der Waals surface area contributed by atoms with E-state index in [0.29, 0.717) is 6.04 Å². The fourth-order valence-electron chi connectivity index (χ4n) is 3.12. The van der Waals surface area contributed by atoms with Crippen LogP contribution < -0.4 is 5.32 Å². The van der Waals surface area contributed by atoms with Crippen molar-refractivity contribution in [2.24, 2.45) is 0 Å². The number of benzene rings is 1. The van der Waals surface area contributed by atoms with Gasteiger partial charge in [0.05, 0.1) is 17.8 Å². The lowest BCUT2D eigenvalue weighted by atomic mass is 10.0. The number of nitrogens with zero attached hydrogens (tertiary/aromatic N) is 3. The minimum absolute atomic E-state index is 0.194. The van der Waals surface area contributed by atoms with Crippen molar-refractivity contribution in [2.75, 3.05) is 32.7 Å². The van der Waals surface area contributed by atoms with Crippen molar-refractivity contribution in [1.82, 2.24) is 20.0 Å². The lowest BCUT2D eigenvalue weighted by Gasteiger charge is -2.32. The predicted molar refractivity (Wildman–Crippen MR) is 82.9 cm³/mol. The van der Waals surface area contributed by atoms with E-state index in [2.05, 4.69) is 26.9 Å². The maximum absolute atomic E-state index is 13.2. The standard InChI is InChI=1S/C16H23FN4/c1-2-18-7-10-20-8-5-15(6-9-20)21-16-4-3-14(17)11-13(16)12-19-21/h3-4,11-12,15,18H,2,5-10H2,1H3. The van der Waals surface area contributed by atoms with Gasteiger partial charge in [0.2, 0.25) is 0 Å². The van der Waals surface area contributed by atoms with Crippen LogP contribution in [0.25, 0.3) is 10.9 Å². The molecule has 1 fully saturated rings. The molecule has 0 unspecified atom stereocenters. The first-order chi connectivity index (χ1) is 10.3. The molecule has 2 aromatic rings. The van der Waals surface area contributed by atoms with E-state index < -0.39 is 0 Å². The van der Waals surface area contributed by atoms with Gasteiger partial charge in [-0.05, 0) is 37.6 Å². The van der Waals surface area contributed by atoms with Crippen LogP contribution in [0, 0.1) is 5.82 Å². The molecule has 1 aromatic heterocycles. The van der Waals surface area contributed by atoms with Gasteiger partial charge >= 0.3 is 0 Å². The molecule has 0 radical (unpaired) electrons. The third-order valence-electron chi connectivity index (χ3n) is 4.32. The fourth-order valence-corrected chi connectivity index (χ4v) is 3.12. The number of aromatic nitrogens is 2. The number of likely N-dealkylation sites (N-methyl/N-ethyl adjacent to an activating group) is 1. The van der Waals surface area contributed by atoms with Crippen LogP contribution in [0.3, 0.4) is 0 Å². The summed E-state index contributed by atoms with van der Waals surface area (Å²) in [6, 6.07) is 5.36. The van der Waals surface area contributed by atoms with Gasteiger partial charge in [0, 0.05) is 31.6 Å². The van der Waals surface area contributed by atoms with Crippen LogP contribution in [0.2, 0.25) is 0 Å². The Morgan fingerprint density at radius 1 is 1.33 bits per heavy atom. The summed E-state index contributed by atoms with van der Waals surface area (Å²) >= 11 is 0. The summed E-state index contributed by atoms with van der Waals surface area (Å²) in [5.74, 6) is -0.194. The first kappa shape index (κ1) is 14.5. The van der Waals surface area contributed by atoms with Crippen molar-refractivity contribution in [2.45, 2.75) is 25.8 Å². The van der Waals surface area contributed by atoms with E-state index in [-0.39, 0.29) is 5.82 Å². The minimum atomic E-state index is -0.194. The smallest absolute Gasteiger partial charge is 0.124 e. The topological polar surface area (TPSA) is 33.1 Å². The molecule has 0 atom stereocenters. The summed E-state index contributed by atoms with van der Waals surface area (Å²) in [4.78, 5) is 2.50. The molecule has 4 nitrogen and oxygen atoms in total. The Morgan fingerprint density at radius 2 is 2.14 bits per heavy atom. The molecular weight excluding hydrogens is 267 g/mol. The van der Waals surface area contributed by atoms with Gasteiger partial charge < -0.3 is 10.2 Å². The third-order valence-corrected chi connectivity index (χ3v) is 4.32. The quantitative estimate of drug-likeness (QED) is 0.859. The van der Waals surface area contributed by atoms with E-state index in [1.165, 1.54) is 6.07 Å². The second-order valence-corrected chi connectivity index (χ2v) is 5.72. The Labute approximate surface area is 124 Å². The maximum Gasteiger partial charge on any atom is 0.124 e. The lowest BCUT2D eigenvalue weighted by molar-refractivity contribution is 0.183. The van der Waals surface area contributed by atoms with E-state index in [1.54, 1.807) is 12.3 Å². The highest BCUT2D eigenvalue weighted by atomic mass is 19.1. The number of nitrogens with one attached hydrogen (secondary N) is 1. The van der Waals surface area contributed by atoms with Crippen LogP contribution >= 0.6 is 0 Å². The van der Waals surface area contributed by atoms with Crippen molar-refractivity contribution in [3.63, 3.8) is 0 Å². The summed E-state index contributed by atoms with van der Waals surface area (Å²) in [7, 11) is 0. The largest absolute Gasteiger partial charge is 0.316 e. The first-order valence-electron chi connectivity index (χ1n) is 7.84. The van der Waals surface area contributed by atoms with Gasteiger partial charge in [-0.25, -0.2) is 4.39 Å². The zero-order valence-corrected chi connectivity index (χ0v) is 12.6. The normalized spacial score (nSPS) is 17.6. The van der Waals surface area contributed by atoms with Crippen LogP contribution in [-0.2, 0) is 0 Å². The van der Waals surface area contributed by atoms with E-state index >= 15 is 0 Å². The van der Waals surface area contributed by atoms with Gasteiger partial charge in [0.1, 0.15) is 5.82 Å². The van der Waals surface area contributed by atoms with Crippen molar-refractivity contribution >= 4 is 10.9 Å². The molecule has 1 aliphatic heterocycles. The summed E-state index contributed by atoms with van der Waals surface area (Å²) in [5, 5.41) is 8.74. The van der Waals surface area contributed by atoms with Gasteiger partial charge in [-0.3, -0.25) is 4.68 Å². The van der Waals surface area contributed by atoms with Crippen molar-refractivity contribution in [3.8, 4) is 0 Å². The molecular formula is C16H23FN4. The van der Waals surface area contributed by atoms with Crippen LogP contribution in [-0.4, -0.2) is 47.4 Å². The van der Waals surface area contributed by atoms with Crippen LogP contribution in [0.15, 0.2) is 24.4 Å². The van der Waals surface area contributed by atoms with Gasteiger partial charge in [-0.1, -0.05) is 6.92 Å². The average molecular weight is 290 g/mol. The van der Waals surface area contributed by atoms with Crippen molar-refractivity contribution < 1.29 is 4.39 Å². The Balaban J connectivity index is 1.63. The number of rotatable bonds is 5. The van der Waals surface area contributed by atoms with Gasteiger partial charge in [0.25, 0.3) is 0 Å². The van der Waals surface area contributed by atoms with E-state index in [1.807, 2.05) is 6.07 Å². The monoisotopic (exact) mass is 290 g/mol. The van der Waals surface area contributed by atoms with Crippen molar-refractivity contribution in [3.05, 3.63) is 30.2 Å². The molecule has 0 aliphatic carbocycles. The predicted octanol–water partition coefficient (Wildman–Crippen LogP) is 2.42. The average Bonchev–Trinajstić information content (AvgIpc) is 2.91. The number of hydrogen-bond acceptors (Lipinski definition) is 3. The molecule has 21 heavy (non-hydrogen) atoms. The molecule has 0 spiro atoms. The Bertz CT molecular complexity index is 587. The molecule has 0 amide bonds. The van der Waals surface area contributed by atoms with Crippen LogP contribution in [0.4, 0.5) is 4.39 Å². The van der Waals surface area contributed by atoms with E-state index in [9.17, 15) is 4.39 Å². The van der Waals surface area contributed by atoms with Crippen molar-refractivity contribution in [1.29, 1.82) is 0 Å². The summed E-state index contributed by atoms with van der Waals surface area (Å²) in [6.45, 7) is 7.57. The second kappa shape index (κ2) is 6.54. The molecule has 1 N–H and O–H groups in total. The van der Waals surface area contributed by atoms with Crippen LogP contribution in [0.5, 0.6) is 0 Å². The zero-order chi connectivity index (χ0) is 14.7. The van der Waals surface area contributed by atoms with E-state index in [0.717, 1.165) is 56.5 Å². The van der Waals surface area contributed by atoms with Crippen LogP contribution in [0.1, 0.15) is 25.8 Å². The summed E-state index contributed by atoms with van der Waals surface area (Å²) in [6.07, 6.45) is 4.00. The minimum Gasteiger partial charge on any atom is -0.316 e. The number of piperidine rings is 1. The molecule has 1 aromatic carbocycles. The molecule has 2 heterocycles. The Hall–Kier alpha value is -1.46. The number of fused-ring (bicyclic) bond motifs is 1. The molecule has 5 heteroatoms. The number of likely N-dealkylation sites (tertiary alicyclic amines) is 1. The molecule has 0 bridgehead atoms. The molecule has 114 valence electrons. The summed E-state index contributed by atoms with van der Waals surface area (Å²) in [5.41, 5.74) is 1.04. The highest BCUT2D eigenvalue weighted by molar-refractivity contribution is 5.78. The zero-order valence-electron chi connectivity index (χ0n) is 12.6. The van der Waals surface area contributed by atoms with Gasteiger partial charge in [0.15, 0.2) is 0 Å². The maximum atomic E-state index is 13.2. The van der Waals surface area contributed by atoms with Gasteiger partial charge in [-0.15, -0.1) is 0 Å². The summed E-state index contributed by atoms with van der Waals surface area (Å²) < 4.78 is 15.3. The molecule has 0 saturated carbocycles. The Kier molecular flexibility index (Phi) is 4.51. The molecule has 1 saturated heterocycles. The Morgan fingerprint density at radius 3 is 2.90 bits per heavy atom. The highest BCUT2D eigenvalue weighted by Gasteiger charge is 2.22. The fraction of sp³-hybridized carbons (Fsp3) is 0.562. The SMILES string of the molecule is CCNCCN1CCC(n2ncc3cc(F)ccc32)CC1.